The van der Waals surface area contributed by atoms with E-state index in [0.29, 0.717) is 31.2 Å². The third kappa shape index (κ3) is 4.09. The Kier molecular flexibility index (Phi) is 5.38. The maximum Gasteiger partial charge on any atom is 0.284 e. The summed E-state index contributed by atoms with van der Waals surface area (Å²) in [7, 11) is 0. The number of aromatic nitrogens is 5. The predicted molar refractivity (Wildman–Crippen MR) is 111 cm³/mol. The largest absolute Gasteiger partial charge is 0.377 e. The van der Waals surface area contributed by atoms with E-state index in [-0.39, 0.29) is 17.3 Å². The number of ether oxygens (including phenoxy) is 1. The molecule has 1 aliphatic heterocycles. The Morgan fingerprint density at radius 3 is 2.81 bits per heavy atom. The second-order valence-corrected chi connectivity index (χ2v) is 8.53. The number of morpholine rings is 1. The fourth-order valence-electron chi connectivity index (χ4n) is 3.43. The zero-order valence-electron chi connectivity index (χ0n) is 17.8. The molecule has 3 aromatic heterocycles. The average Bonchev–Trinajstić information content (AvgIpc) is 3.32. The molecule has 166 valence electrons. The molecule has 0 aliphatic carbocycles. The van der Waals surface area contributed by atoms with Crippen LogP contribution in [0.3, 0.4) is 0 Å². The van der Waals surface area contributed by atoms with Gasteiger partial charge in [-0.3, -0.25) is 9.48 Å². The number of rotatable bonds is 4. The van der Waals surface area contributed by atoms with E-state index >= 15 is 0 Å². The van der Waals surface area contributed by atoms with Crippen LogP contribution in [0.25, 0.3) is 5.65 Å². The highest BCUT2D eigenvalue weighted by atomic mass is 19.3. The molecule has 31 heavy (non-hydrogen) atoms. The molecule has 4 rings (SSSR count). The van der Waals surface area contributed by atoms with Crippen molar-refractivity contribution in [1.29, 1.82) is 0 Å². The number of alkyl halides is 2. The van der Waals surface area contributed by atoms with Gasteiger partial charge < -0.3 is 15.0 Å². The molecule has 0 saturated carbocycles. The van der Waals surface area contributed by atoms with E-state index < -0.39 is 23.6 Å². The Morgan fingerprint density at radius 2 is 2.13 bits per heavy atom. The van der Waals surface area contributed by atoms with Crippen molar-refractivity contribution in [3.63, 3.8) is 0 Å². The van der Waals surface area contributed by atoms with Gasteiger partial charge in [-0.25, -0.2) is 18.3 Å². The second-order valence-electron chi connectivity index (χ2n) is 8.53. The molecule has 1 saturated heterocycles. The molecule has 1 fully saturated rings. The highest BCUT2D eigenvalue weighted by molar-refractivity contribution is 6.08. The Hall–Kier alpha value is -3.08. The topological polar surface area (TPSA) is 89.6 Å². The van der Waals surface area contributed by atoms with Gasteiger partial charge in [0, 0.05) is 18.9 Å². The van der Waals surface area contributed by atoms with Gasteiger partial charge in [-0.2, -0.15) is 10.2 Å². The average molecular weight is 433 g/mol. The summed E-state index contributed by atoms with van der Waals surface area (Å²) < 4.78 is 35.4. The number of anilines is 2. The summed E-state index contributed by atoms with van der Waals surface area (Å²) in [6, 6.07) is 1.96. The second kappa shape index (κ2) is 7.88. The highest BCUT2D eigenvalue weighted by Gasteiger charge is 2.26. The maximum absolute atomic E-state index is 13.5. The van der Waals surface area contributed by atoms with Gasteiger partial charge in [0.15, 0.2) is 11.3 Å². The van der Waals surface area contributed by atoms with Gasteiger partial charge in [0.1, 0.15) is 11.4 Å². The van der Waals surface area contributed by atoms with Gasteiger partial charge in [0.25, 0.3) is 12.3 Å². The number of carbonyl (C=O) groups excluding carboxylic acids is 1. The van der Waals surface area contributed by atoms with Crippen LogP contribution in [0.5, 0.6) is 0 Å². The molecule has 1 N–H and O–H groups in total. The minimum absolute atomic E-state index is 0.0350. The number of amides is 1. The first-order valence-electron chi connectivity index (χ1n) is 10.0. The van der Waals surface area contributed by atoms with Crippen molar-refractivity contribution in [3.8, 4) is 0 Å². The number of carbonyl (C=O) groups is 1. The van der Waals surface area contributed by atoms with Gasteiger partial charge in [-0.15, -0.1) is 0 Å². The van der Waals surface area contributed by atoms with Crippen LogP contribution in [-0.2, 0) is 10.3 Å². The Bertz CT molecular complexity index is 1100. The molecular formula is C20H25F2N7O2. The Labute approximate surface area is 178 Å². The summed E-state index contributed by atoms with van der Waals surface area (Å²) >= 11 is 0. The summed E-state index contributed by atoms with van der Waals surface area (Å²) in [5.41, 5.74) is -0.493. The lowest BCUT2D eigenvalue weighted by Gasteiger charge is -2.34. The molecule has 0 bridgehead atoms. The van der Waals surface area contributed by atoms with Crippen LogP contribution < -0.4 is 10.2 Å². The SMILES string of the molecule is CC1COCCN1c1ccn2ncc(C(=O)Nc3cn(C(C)(C)C)nc3C(F)F)c2n1. The fraction of sp³-hybridized carbons (Fsp3) is 0.500. The lowest BCUT2D eigenvalue weighted by molar-refractivity contribution is 0.0985. The summed E-state index contributed by atoms with van der Waals surface area (Å²) in [4.78, 5) is 19.7. The molecular weight excluding hydrogens is 408 g/mol. The minimum Gasteiger partial charge on any atom is -0.377 e. The fourth-order valence-corrected chi connectivity index (χ4v) is 3.43. The lowest BCUT2D eigenvalue weighted by atomic mass is 10.1. The number of nitrogens with one attached hydrogen (secondary N) is 1. The molecule has 4 heterocycles. The first-order valence-corrected chi connectivity index (χ1v) is 10.0. The van der Waals surface area contributed by atoms with Crippen molar-refractivity contribution < 1.29 is 18.3 Å². The zero-order chi connectivity index (χ0) is 22.3. The van der Waals surface area contributed by atoms with Gasteiger partial charge in [0.05, 0.1) is 36.7 Å². The van der Waals surface area contributed by atoms with Crippen LogP contribution in [0.15, 0.2) is 24.7 Å². The van der Waals surface area contributed by atoms with E-state index in [2.05, 4.69) is 25.4 Å². The number of fused-ring (bicyclic) bond motifs is 1. The molecule has 1 unspecified atom stereocenters. The van der Waals surface area contributed by atoms with Gasteiger partial charge in [-0.05, 0) is 33.8 Å². The molecule has 0 spiro atoms. The molecule has 0 radical (unpaired) electrons. The van der Waals surface area contributed by atoms with E-state index in [1.54, 1.807) is 6.20 Å². The third-order valence-corrected chi connectivity index (χ3v) is 5.15. The number of halogens is 2. The van der Waals surface area contributed by atoms with Crippen LogP contribution in [0.2, 0.25) is 0 Å². The van der Waals surface area contributed by atoms with E-state index in [0.717, 1.165) is 0 Å². The van der Waals surface area contributed by atoms with Gasteiger partial charge in [0.2, 0.25) is 0 Å². The summed E-state index contributed by atoms with van der Waals surface area (Å²) in [5, 5.41) is 10.7. The van der Waals surface area contributed by atoms with Crippen LogP contribution in [0.1, 0.15) is 50.2 Å². The molecule has 1 amide bonds. The molecule has 3 aromatic rings. The van der Waals surface area contributed by atoms with E-state index in [1.807, 2.05) is 33.8 Å². The van der Waals surface area contributed by atoms with E-state index in [1.165, 1.54) is 21.6 Å². The van der Waals surface area contributed by atoms with Gasteiger partial charge in [-0.1, -0.05) is 0 Å². The van der Waals surface area contributed by atoms with E-state index in [4.69, 9.17) is 4.74 Å². The minimum atomic E-state index is -2.82. The maximum atomic E-state index is 13.5. The standard InChI is InChI=1S/C20H25F2N7O2/c1-12-11-31-8-7-27(12)15-5-6-28-18(25-15)13(9-23-28)19(30)24-14-10-29(20(2,3)4)26-16(14)17(21)22/h5-6,9-10,12,17H,7-8,11H2,1-4H3,(H,24,30). The normalized spacial score (nSPS) is 17.5. The lowest BCUT2D eigenvalue weighted by Crippen LogP contribution is -2.44. The molecule has 9 nitrogen and oxygen atoms in total. The third-order valence-electron chi connectivity index (χ3n) is 5.15. The van der Waals surface area contributed by atoms with E-state index in [9.17, 15) is 13.6 Å². The first kappa shape index (κ1) is 21.2. The highest BCUT2D eigenvalue weighted by Crippen LogP contribution is 2.29. The Morgan fingerprint density at radius 1 is 1.35 bits per heavy atom. The number of hydrogen-bond acceptors (Lipinski definition) is 6. The smallest absolute Gasteiger partial charge is 0.284 e. The van der Waals surface area contributed by atoms with Crippen LogP contribution in [-0.4, -0.2) is 56.1 Å². The van der Waals surface area contributed by atoms with Crippen molar-refractivity contribution in [3.05, 3.63) is 35.9 Å². The number of hydrogen-bond donors (Lipinski definition) is 1. The van der Waals surface area contributed by atoms with Crippen LogP contribution >= 0.6 is 0 Å². The number of nitrogens with zero attached hydrogens (tertiary/aromatic N) is 6. The first-order chi connectivity index (χ1) is 14.6. The molecule has 0 aromatic carbocycles. The predicted octanol–water partition coefficient (Wildman–Crippen LogP) is 3.10. The van der Waals surface area contributed by atoms with Crippen molar-refractivity contribution in [2.45, 2.75) is 45.7 Å². The van der Waals surface area contributed by atoms with Crippen molar-refractivity contribution >= 4 is 23.1 Å². The van der Waals surface area contributed by atoms with Gasteiger partial charge >= 0.3 is 0 Å². The zero-order valence-corrected chi connectivity index (χ0v) is 17.8. The molecule has 1 aliphatic rings. The van der Waals surface area contributed by atoms with Crippen LogP contribution in [0, 0.1) is 0 Å². The molecule has 1 atom stereocenters. The van der Waals surface area contributed by atoms with Crippen LogP contribution in [0.4, 0.5) is 20.3 Å². The molecule has 11 heteroatoms. The van der Waals surface area contributed by atoms with Crippen molar-refractivity contribution in [2.75, 3.05) is 30.0 Å². The quantitative estimate of drug-likeness (QED) is 0.680. The monoisotopic (exact) mass is 433 g/mol. The summed E-state index contributed by atoms with van der Waals surface area (Å²) in [6.45, 7) is 9.42. The summed E-state index contributed by atoms with van der Waals surface area (Å²) in [5.74, 6) is 0.122. The van der Waals surface area contributed by atoms with Crippen molar-refractivity contribution in [2.24, 2.45) is 0 Å². The summed E-state index contributed by atoms with van der Waals surface area (Å²) in [6.07, 6.45) is 1.69. The Balaban J connectivity index is 1.65. The van der Waals surface area contributed by atoms with Crippen molar-refractivity contribution in [1.82, 2.24) is 24.4 Å².